The molecule has 172 valence electrons. The number of rotatable bonds is 11. The van der Waals surface area contributed by atoms with E-state index in [0.29, 0.717) is 29.2 Å². The third-order valence-corrected chi connectivity index (χ3v) is 4.00. The van der Waals surface area contributed by atoms with Crippen LogP contribution in [-0.4, -0.2) is 43.8 Å². The largest absolute Gasteiger partial charge is 0.493 e. The van der Waals surface area contributed by atoms with Crippen LogP contribution in [0.4, 0.5) is 0 Å². The van der Waals surface area contributed by atoms with Gasteiger partial charge in [-0.3, -0.25) is 9.35 Å². The smallest absolute Gasteiger partial charge is 0.261 e. The van der Waals surface area contributed by atoms with Crippen LogP contribution in [-0.2, 0) is 16.7 Å². The molecule has 2 rings (SSSR count). The van der Waals surface area contributed by atoms with E-state index < -0.39 is 16.0 Å². The Balaban J connectivity index is 0.000000861. The molecule has 1 heterocycles. The minimum absolute atomic E-state index is 0.338. The Labute approximate surface area is 183 Å². The summed E-state index contributed by atoms with van der Waals surface area (Å²) >= 11 is 0. The van der Waals surface area contributed by atoms with Crippen LogP contribution in [0.3, 0.4) is 0 Å². The Hall–Kier alpha value is -2.69. The minimum atomic E-state index is -3.67. The molecule has 4 N–H and O–H groups in total. The van der Waals surface area contributed by atoms with Crippen LogP contribution in [0.1, 0.15) is 48.5 Å². The number of ether oxygens (including phenoxy) is 2. The number of nitrogens with two attached hydrogens (primary N) is 1. The van der Waals surface area contributed by atoms with Gasteiger partial charge in [0.1, 0.15) is 0 Å². The molecule has 9 nitrogen and oxygen atoms in total. The van der Waals surface area contributed by atoms with Gasteiger partial charge in [-0.25, -0.2) is 4.98 Å². The zero-order valence-electron chi connectivity index (χ0n) is 18.1. The molecule has 1 amide bonds. The number of amides is 1. The maximum Gasteiger partial charge on any atom is 0.261 e. The first-order valence-electron chi connectivity index (χ1n) is 9.87. The summed E-state index contributed by atoms with van der Waals surface area (Å²) in [7, 11) is -2.06. The molecule has 0 radical (unpaired) electrons. The van der Waals surface area contributed by atoms with Crippen molar-refractivity contribution in [3.63, 3.8) is 0 Å². The van der Waals surface area contributed by atoms with Crippen molar-refractivity contribution in [3.05, 3.63) is 47.7 Å². The number of hydrogen-bond donors (Lipinski definition) is 3. The molecule has 0 saturated carbocycles. The molecule has 0 aliphatic carbocycles. The van der Waals surface area contributed by atoms with Crippen LogP contribution in [0.5, 0.6) is 17.4 Å². The topological polar surface area (TPSA) is 141 Å². The van der Waals surface area contributed by atoms with E-state index in [1.165, 1.54) is 31.9 Å². The number of nitrogens with zero attached hydrogens (tertiary/aromatic N) is 1. The summed E-state index contributed by atoms with van der Waals surface area (Å²) in [6.45, 7) is 4.01. The normalized spacial score (nSPS) is 10.7. The van der Waals surface area contributed by atoms with Crippen LogP contribution >= 0.6 is 0 Å². The summed E-state index contributed by atoms with van der Waals surface area (Å²) in [5.74, 6) is 1.05. The molecule has 31 heavy (non-hydrogen) atoms. The maximum absolute atomic E-state index is 11.1. The molecule has 1 aromatic carbocycles. The number of benzene rings is 1. The van der Waals surface area contributed by atoms with Crippen molar-refractivity contribution in [1.29, 1.82) is 0 Å². The van der Waals surface area contributed by atoms with Crippen LogP contribution in [0.25, 0.3) is 0 Å². The molecule has 0 unspecified atom stereocenters. The number of carbonyl (C=O) groups is 1. The molecule has 10 heteroatoms. The predicted octanol–water partition coefficient (Wildman–Crippen LogP) is 3.16. The summed E-state index contributed by atoms with van der Waals surface area (Å²) in [4.78, 5) is 15.2. The van der Waals surface area contributed by atoms with Crippen molar-refractivity contribution in [2.75, 3.05) is 19.9 Å². The zero-order chi connectivity index (χ0) is 23.3. The first kappa shape index (κ1) is 26.3. The highest BCUT2D eigenvalue weighted by Crippen LogP contribution is 2.31. The Morgan fingerprint density at radius 1 is 1.16 bits per heavy atom. The quantitative estimate of drug-likeness (QED) is 0.348. The van der Waals surface area contributed by atoms with E-state index in [9.17, 15) is 13.2 Å². The third-order valence-electron chi connectivity index (χ3n) is 4.00. The zero-order valence-corrected chi connectivity index (χ0v) is 18.9. The number of aromatic nitrogens is 1. The summed E-state index contributed by atoms with van der Waals surface area (Å²) in [5.41, 5.74) is 6.67. The fourth-order valence-corrected chi connectivity index (χ4v) is 2.51. The van der Waals surface area contributed by atoms with Gasteiger partial charge >= 0.3 is 0 Å². The van der Waals surface area contributed by atoms with Crippen molar-refractivity contribution in [1.82, 2.24) is 10.3 Å². The van der Waals surface area contributed by atoms with Crippen molar-refractivity contribution < 1.29 is 27.2 Å². The van der Waals surface area contributed by atoms with Gasteiger partial charge in [0.2, 0.25) is 11.8 Å². The molecule has 0 bridgehead atoms. The molecular formula is C21H31N3O6S. The molecule has 1 aromatic heterocycles. The number of unbranched alkanes of at least 4 members (excludes halogenated alkanes) is 3. The van der Waals surface area contributed by atoms with Crippen LogP contribution in [0.15, 0.2) is 36.5 Å². The van der Waals surface area contributed by atoms with E-state index in [0.717, 1.165) is 18.7 Å². The van der Waals surface area contributed by atoms with Crippen LogP contribution < -0.4 is 20.5 Å². The second kappa shape index (κ2) is 13.6. The van der Waals surface area contributed by atoms with E-state index in [1.54, 1.807) is 19.2 Å². The van der Waals surface area contributed by atoms with Crippen LogP contribution in [0.2, 0.25) is 0 Å². The number of methoxy groups -OCH3 is 1. The monoisotopic (exact) mass is 453 g/mol. The molecule has 2 aromatic rings. The molecule has 0 atom stereocenters. The lowest BCUT2D eigenvalue weighted by molar-refractivity contribution is 0.1000. The fourth-order valence-electron chi connectivity index (χ4n) is 2.51. The van der Waals surface area contributed by atoms with Gasteiger partial charge in [0, 0.05) is 18.8 Å². The van der Waals surface area contributed by atoms with Gasteiger partial charge in [0.15, 0.2) is 11.5 Å². The number of carbonyl (C=O) groups excluding carboxylic acids is 1. The molecule has 0 aliphatic heterocycles. The number of nitrogens with one attached hydrogen (secondary N) is 1. The summed E-state index contributed by atoms with van der Waals surface area (Å²) in [6, 6.07) is 8.98. The Kier molecular flexibility index (Phi) is 11.5. The minimum Gasteiger partial charge on any atom is -0.493 e. The van der Waals surface area contributed by atoms with E-state index >= 15 is 0 Å². The lowest BCUT2D eigenvalue weighted by atomic mass is 10.2. The van der Waals surface area contributed by atoms with Gasteiger partial charge in [-0.1, -0.05) is 32.3 Å². The average molecular weight is 454 g/mol. The first-order chi connectivity index (χ1) is 14.6. The standard InChI is InChI=1S/C20H27N3O3.CH4O3S/c1-3-4-5-6-11-22-13-15-7-9-17(18(12-15)25-2)26-19-10-8-16(14-23-19)20(21)24;1-5(2,3)4/h7-10,12,14,22H,3-6,11,13H2,1-2H3,(H2,21,24);1H3,(H,2,3,4). The van der Waals surface area contributed by atoms with E-state index in [-0.39, 0.29) is 0 Å². The lowest BCUT2D eigenvalue weighted by Crippen LogP contribution is -2.14. The highest BCUT2D eigenvalue weighted by atomic mass is 32.2. The van der Waals surface area contributed by atoms with Gasteiger partial charge in [-0.05, 0) is 36.7 Å². The van der Waals surface area contributed by atoms with Gasteiger partial charge in [0.25, 0.3) is 10.1 Å². The van der Waals surface area contributed by atoms with Crippen LogP contribution in [0, 0.1) is 0 Å². The van der Waals surface area contributed by atoms with Gasteiger partial charge in [0.05, 0.1) is 18.9 Å². The van der Waals surface area contributed by atoms with Crippen molar-refractivity contribution in [2.24, 2.45) is 5.73 Å². The highest BCUT2D eigenvalue weighted by Gasteiger charge is 2.09. The van der Waals surface area contributed by atoms with E-state index in [1.807, 2.05) is 18.2 Å². The molecular weight excluding hydrogens is 422 g/mol. The average Bonchev–Trinajstić information content (AvgIpc) is 2.70. The number of primary amides is 1. The van der Waals surface area contributed by atoms with Gasteiger partial charge in [-0.15, -0.1) is 0 Å². The molecule has 0 saturated heterocycles. The maximum atomic E-state index is 11.1. The molecule has 0 fully saturated rings. The highest BCUT2D eigenvalue weighted by molar-refractivity contribution is 7.85. The fraction of sp³-hybridized carbons (Fsp3) is 0.429. The summed E-state index contributed by atoms with van der Waals surface area (Å²) in [6.07, 6.45) is 7.10. The third kappa shape index (κ3) is 11.9. The Morgan fingerprint density at radius 3 is 2.42 bits per heavy atom. The van der Waals surface area contributed by atoms with Gasteiger partial charge < -0.3 is 20.5 Å². The molecule has 0 spiro atoms. The van der Waals surface area contributed by atoms with Crippen molar-refractivity contribution in [2.45, 2.75) is 39.2 Å². The number of pyridine rings is 1. The lowest BCUT2D eigenvalue weighted by Gasteiger charge is -2.12. The first-order valence-corrected chi connectivity index (χ1v) is 11.7. The predicted molar refractivity (Wildman–Crippen MR) is 119 cm³/mol. The van der Waals surface area contributed by atoms with Crippen molar-refractivity contribution in [3.8, 4) is 17.4 Å². The molecule has 0 aliphatic rings. The van der Waals surface area contributed by atoms with Crippen molar-refractivity contribution >= 4 is 16.0 Å². The SMILES string of the molecule is CCCCCCNCc1ccc(Oc2ccc(C(N)=O)cn2)c(OC)c1.CS(=O)(=O)O. The summed E-state index contributed by atoms with van der Waals surface area (Å²) < 4.78 is 37.0. The Bertz CT molecular complexity index is 909. The second-order valence-corrected chi connectivity index (χ2v) is 8.27. The summed E-state index contributed by atoms with van der Waals surface area (Å²) in [5, 5.41) is 3.45. The number of hydrogen-bond acceptors (Lipinski definition) is 7. The Morgan fingerprint density at radius 2 is 1.87 bits per heavy atom. The van der Waals surface area contributed by atoms with Gasteiger partial charge in [-0.2, -0.15) is 8.42 Å². The van der Waals surface area contributed by atoms with E-state index in [2.05, 4.69) is 17.2 Å². The second-order valence-electron chi connectivity index (χ2n) is 6.81. The van der Waals surface area contributed by atoms with E-state index in [4.69, 9.17) is 19.8 Å².